The summed E-state index contributed by atoms with van der Waals surface area (Å²) in [7, 11) is 0. The topological polar surface area (TPSA) is 42.7 Å². The molecule has 1 fully saturated rings. The summed E-state index contributed by atoms with van der Waals surface area (Å²) in [4.78, 5) is 10.3. The van der Waals surface area contributed by atoms with Gasteiger partial charge in [0.1, 0.15) is 5.01 Å². The van der Waals surface area contributed by atoms with Gasteiger partial charge >= 0.3 is 0 Å². The lowest BCUT2D eigenvalue weighted by Gasteiger charge is -2.14. The van der Waals surface area contributed by atoms with Gasteiger partial charge in [0.2, 0.25) is 5.95 Å². The number of hydrogen-bond donors (Lipinski definition) is 1. The highest BCUT2D eigenvalue weighted by Crippen LogP contribution is 2.29. The van der Waals surface area contributed by atoms with Crippen molar-refractivity contribution >= 4 is 17.3 Å². The number of nitrogens with zero attached hydrogens (tertiary/aromatic N) is 3. The summed E-state index contributed by atoms with van der Waals surface area (Å²) >= 11 is 1.76. The molecule has 0 aliphatic heterocycles. The van der Waals surface area contributed by atoms with E-state index < -0.39 is 0 Å². The molecule has 0 aromatic carbocycles. The van der Waals surface area contributed by atoms with E-state index in [0.717, 1.165) is 16.6 Å². The van der Waals surface area contributed by atoms with Gasteiger partial charge in [-0.1, -0.05) is 0 Å². The molecule has 0 radical (unpaired) electrons. The van der Waals surface area contributed by atoms with E-state index in [0.29, 0.717) is 6.04 Å². The Labute approximate surface area is 111 Å². The van der Waals surface area contributed by atoms with Gasteiger partial charge in [0, 0.05) is 23.3 Å². The van der Waals surface area contributed by atoms with Crippen LogP contribution in [0.1, 0.15) is 41.4 Å². The molecule has 1 N–H and O–H groups in total. The van der Waals surface area contributed by atoms with Crippen LogP contribution in [-0.2, 0) is 0 Å². The molecule has 0 saturated heterocycles. The van der Waals surface area contributed by atoms with Crippen molar-refractivity contribution in [2.45, 2.75) is 45.7 Å². The molecule has 2 aromatic rings. The molecule has 0 amide bonds. The van der Waals surface area contributed by atoms with Crippen molar-refractivity contribution in [3.05, 3.63) is 28.0 Å². The number of imidazole rings is 1. The number of anilines is 1. The van der Waals surface area contributed by atoms with Gasteiger partial charge in [-0.2, -0.15) is 0 Å². The lowest BCUT2D eigenvalue weighted by molar-refractivity contribution is 0.638. The summed E-state index contributed by atoms with van der Waals surface area (Å²) in [6.07, 6.45) is 6.56. The first-order chi connectivity index (χ1) is 8.63. The molecular formula is C13H18N4S. The Hall–Kier alpha value is -1.36. The second kappa shape index (κ2) is 4.39. The third-order valence-corrected chi connectivity index (χ3v) is 4.26. The third kappa shape index (κ3) is 2.27. The predicted molar refractivity (Wildman–Crippen MR) is 74.3 cm³/mol. The first-order valence-corrected chi connectivity index (χ1v) is 7.19. The number of aryl methyl sites for hydroxylation is 2. The summed E-state index contributed by atoms with van der Waals surface area (Å²) in [5, 5.41) is 4.63. The van der Waals surface area contributed by atoms with Crippen molar-refractivity contribution in [3.63, 3.8) is 0 Å². The van der Waals surface area contributed by atoms with Crippen molar-refractivity contribution in [3.8, 4) is 0 Å². The lowest BCUT2D eigenvalue weighted by Crippen LogP contribution is -2.12. The van der Waals surface area contributed by atoms with E-state index in [1.165, 1.54) is 17.7 Å². The normalized spacial score (nSPS) is 16.8. The van der Waals surface area contributed by atoms with E-state index in [1.54, 1.807) is 11.3 Å². The molecule has 18 heavy (non-hydrogen) atoms. The molecule has 1 unspecified atom stereocenters. The van der Waals surface area contributed by atoms with E-state index in [1.807, 2.05) is 13.1 Å². The first-order valence-electron chi connectivity index (χ1n) is 6.38. The second-order valence-corrected chi connectivity index (χ2v) is 6.28. The van der Waals surface area contributed by atoms with Crippen LogP contribution in [0.4, 0.5) is 5.95 Å². The van der Waals surface area contributed by atoms with Gasteiger partial charge in [-0.3, -0.25) is 0 Å². The number of aromatic nitrogens is 3. The predicted octanol–water partition coefficient (Wildman–Crippen LogP) is 3.14. The standard InChI is InChI=1S/C13H18N4S/c1-8-7-17(13(15-8)16-11-4-5-11)10(3)12-14-6-9(2)18-12/h6-7,10-11H,4-5H2,1-3H3,(H,15,16). The van der Waals surface area contributed by atoms with Gasteiger partial charge in [0.15, 0.2) is 0 Å². The van der Waals surface area contributed by atoms with Crippen LogP contribution in [0.2, 0.25) is 0 Å². The van der Waals surface area contributed by atoms with Crippen LogP contribution in [0.15, 0.2) is 12.4 Å². The van der Waals surface area contributed by atoms with Crippen molar-refractivity contribution < 1.29 is 0 Å². The summed E-state index contributed by atoms with van der Waals surface area (Å²) in [5.41, 5.74) is 1.05. The fourth-order valence-electron chi connectivity index (χ4n) is 2.01. The monoisotopic (exact) mass is 262 g/mol. The third-order valence-electron chi connectivity index (χ3n) is 3.18. The van der Waals surface area contributed by atoms with E-state index in [-0.39, 0.29) is 6.04 Å². The zero-order valence-corrected chi connectivity index (χ0v) is 11.8. The maximum absolute atomic E-state index is 4.57. The molecule has 0 bridgehead atoms. The molecule has 1 atom stereocenters. The van der Waals surface area contributed by atoms with Gasteiger partial charge in [-0.15, -0.1) is 11.3 Å². The SMILES string of the molecule is Cc1cn(C(C)c2ncc(C)s2)c(NC2CC2)n1. The van der Waals surface area contributed by atoms with E-state index in [2.05, 4.69) is 39.9 Å². The molecule has 4 nitrogen and oxygen atoms in total. The average molecular weight is 262 g/mol. The molecule has 5 heteroatoms. The Kier molecular flexibility index (Phi) is 2.86. The smallest absolute Gasteiger partial charge is 0.203 e. The van der Waals surface area contributed by atoms with E-state index >= 15 is 0 Å². The highest BCUT2D eigenvalue weighted by atomic mass is 32.1. The van der Waals surface area contributed by atoms with Crippen LogP contribution in [0, 0.1) is 13.8 Å². The molecular weight excluding hydrogens is 244 g/mol. The maximum atomic E-state index is 4.57. The fraction of sp³-hybridized carbons (Fsp3) is 0.538. The number of rotatable bonds is 4. The molecule has 2 aromatic heterocycles. The van der Waals surface area contributed by atoms with Gasteiger partial charge in [-0.25, -0.2) is 9.97 Å². The van der Waals surface area contributed by atoms with Gasteiger partial charge in [0.25, 0.3) is 0 Å². The average Bonchev–Trinajstić information content (AvgIpc) is 2.91. The fourth-order valence-corrected chi connectivity index (χ4v) is 2.84. The van der Waals surface area contributed by atoms with Crippen LogP contribution < -0.4 is 5.32 Å². The summed E-state index contributed by atoms with van der Waals surface area (Å²) in [6.45, 7) is 6.31. The van der Waals surface area contributed by atoms with Crippen molar-refractivity contribution in [1.82, 2.24) is 14.5 Å². The highest BCUT2D eigenvalue weighted by molar-refractivity contribution is 7.11. The Morgan fingerprint density at radius 3 is 2.83 bits per heavy atom. The minimum absolute atomic E-state index is 0.242. The number of nitrogens with one attached hydrogen (secondary N) is 1. The number of thiazole rings is 1. The molecule has 2 heterocycles. The van der Waals surface area contributed by atoms with Crippen LogP contribution in [0.3, 0.4) is 0 Å². The van der Waals surface area contributed by atoms with Crippen molar-refractivity contribution in [2.24, 2.45) is 0 Å². The largest absolute Gasteiger partial charge is 0.353 e. The van der Waals surface area contributed by atoms with Gasteiger partial charge in [0.05, 0.1) is 11.7 Å². The number of hydrogen-bond acceptors (Lipinski definition) is 4. The highest BCUT2D eigenvalue weighted by Gasteiger charge is 2.24. The quantitative estimate of drug-likeness (QED) is 0.920. The molecule has 1 aliphatic carbocycles. The van der Waals surface area contributed by atoms with E-state index in [9.17, 15) is 0 Å². The summed E-state index contributed by atoms with van der Waals surface area (Å²) in [5.74, 6) is 0.982. The lowest BCUT2D eigenvalue weighted by atomic mass is 10.3. The van der Waals surface area contributed by atoms with Gasteiger partial charge in [-0.05, 0) is 33.6 Å². The molecule has 1 saturated carbocycles. The zero-order valence-electron chi connectivity index (χ0n) is 11.0. The van der Waals surface area contributed by atoms with E-state index in [4.69, 9.17) is 0 Å². The summed E-state index contributed by atoms with van der Waals surface area (Å²) < 4.78 is 2.20. The van der Waals surface area contributed by atoms with Crippen molar-refractivity contribution in [1.29, 1.82) is 0 Å². The Balaban J connectivity index is 1.89. The van der Waals surface area contributed by atoms with Crippen LogP contribution in [-0.4, -0.2) is 20.6 Å². The Bertz CT molecular complexity index is 553. The molecule has 1 aliphatic rings. The summed E-state index contributed by atoms with van der Waals surface area (Å²) in [6, 6.07) is 0.863. The Morgan fingerprint density at radius 2 is 2.22 bits per heavy atom. The first kappa shape index (κ1) is 11.7. The minimum atomic E-state index is 0.242. The zero-order chi connectivity index (χ0) is 12.7. The molecule has 3 rings (SSSR count). The van der Waals surface area contributed by atoms with Crippen LogP contribution >= 0.6 is 11.3 Å². The maximum Gasteiger partial charge on any atom is 0.203 e. The van der Waals surface area contributed by atoms with Gasteiger partial charge < -0.3 is 9.88 Å². The minimum Gasteiger partial charge on any atom is -0.353 e. The van der Waals surface area contributed by atoms with Crippen molar-refractivity contribution in [2.75, 3.05) is 5.32 Å². The van der Waals surface area contributed by atoms with Crippen LogP contribution in [0.25, 0.3) is 0 Å². The second-order valence-electron chi connectivity index (χ2n) is 5.02. The Morgan fingerprint density at radius 1 is 1.44 bits per heavy atom. The molecule has 96 valence electrons. The molecule has 0 spiro atoms. The van der Waals surface area contributed by atoms with Crippen LogP contribution in [0.5, 0.6) is 0 Å².